The van der Waals surface area contributed by atoms with E-state index in [-0.39, 0.29) is 12.1 Å². The summed E-state index contributed by atoms with van der Waals surface area (Å²) in [5.41, 5.74) is 2.46. The van der Waals surface area contributed by atoms with Gasteiger partial charge in [0.15, 0.2) is 0 Å². The first-order valence-corrected chi connectivity index (χ1v) is 8.49. The largest absolute Gasteiger partial charge is 0.478 e. The molecule has 0 bridgehead atoms. The molecule has 0 aliphatic heterocycles. The summed E-state index contributed by atoms with van der Waals surface area (Å²) in [7, 11) is -3.48. The number of hydrogen-bond donors (Lipinski definition) is 1. The van der Waals surface area contributed by atoms with E-state index in [0.717, 1.165) is 17.4 Å². The molecule has 0 saturated carbocycles. The minimum Gasteiger partial charge on any atom is -0.478 e. The molecule has 0 aliphatic carbocycles. The Hall–Kier alpha value is -2.34. The highest BCUT2D eigenvalue weighted by molar-refractivity contribution is 7.92. The maximum Gasteiger partial charge on any atom is 0.335 e. The van der Waals surface area contributed by atoms with Crippen molar-refractivity contribution in [2.24, 2.45) is 0 Å². The Morgan fingerprint density at radius 1 is 1.09 bits per heavy atom. The van der Waals surface area contributed by atoms with Gasteiger partial charge in [0.05, 0.1) is 24.1 Å². The molecule has 0 aliphatic rings. The lowest BCUT2D eigenvalue weighted by molar-refractivity contribution is 0.0697. The maximum atomic E-state index is 12.1. The third kappa shape index (κ3) is 3.65. The van der Waals surface area contributed by atoms with Crippen LogP contribution in [0.4, 0.5) is 5.69 Å². The molecule has 5 nitrogen and oxygen atoms in total. The van der Waals surface area contributed by atoms with Crippen molar-refractivity contribution in [1.29, 1.82) is 0 Å². The lowest BCUT2D eigenvalue weighted by Gasteiger charge is -2.23. The standard InChI is InChI=1S/C16H17NO4S/c1-12-5-3-4-6-14(12)11-17(22(2,20)21)15-9-7-13(8-10-15)16(18)19/h3-10H,11H2,1-2H3,(H,18,19). The SMILES string of the molecule is Cc1ccccc1CN(c1ccc(C(=O)O)cc1)S(C)(=O)=O. The summed E-state index contributed by atoms with van der Waals surface area (Å²) in [6, 6.07) is 13.3. The summed E-state index contributed by atoms with van der Waals surface area (Å²) in [5, 5.41) is 8.91. The molecule has 2 rings (SSSR count). The summed E-state index contributed by atoms with van der Waals surface area (Å²) in [6.07, 6.45) is 1.14. The third-order valence-corrected chi connectivity index (χ3v) is 4.52. The van der Waals surface area contributed by atoms with E-state index < -0.39 is 16.0 Å². The molecule has 0 radical (unpaired) electrons. The molecular weight excluding hydrogens is 302 g/mol. The molecule has 0 aromatic heterocycles. The number of sulfonamides is 1. The molecule has 0 amide bonds. The first-order chi connectivity index (χ1) is 10.3. The van der Waals surface area contributed by atoms with Crippen molar-refractivity contribution >= 4 is 21.7 Å². The van der Waals surface area contributed by atoms with Gasteiger partial charge in [-0.2, -0.15) is 0 Å². The van der Waals surface area contributed by atoms with E-state index in [1.54, 1.807) is 0 Å². The lowest BCUT2D eigenvalue weighted by Crippen LogP contribution is -2.29. The Kier molecular flexibility index (Phi) is 4.51. The van der Waals surface area contributed by atoms with Gasteiger partial charge in [-0.3, -0.25) is 4.31 Å². The minimum absolute atomic E-state index is 0.119. The third-order valence-electron chi connectivity index (χ3n) is 3.38. The van der Waals surface area contributed by atoms with E-state index in [1.807, 2.05) is 31.2 Å². The van der Waals surface area contributed by atoms with Gasteiger partial charge in [0.2, 0.25) is 10.0 Å². The van der Waals surface area contributed by atoms with Crippen molar-refractivity contribution in [3.63, 3.8) is 0 Å². The summed E-state index contributed by atoms with van der Waals surface area (Å²) >= 11 is 0. The van der Waals surface area contributed by atoms with Gasteiger partial charge in [-0.15, -0.1) is 0 Å². The Labute approximate surface area is 129 Å². The predicted molar refractivity (Wildman–Crippen MR) is 85.6 cm³/mol. The van der Waals surface area contributed by atoms with Crippen molar-refractivity contribution in [2.75, 3.05) is 10.6 Å². The maximum absolute atomic E-state index is 12.1. The van der Waals surface area contributed by atoms with Crippen molar-refractivity contribution < 1.29 is 18.3 Å². The normalized spacial score (nSPS) is 11.2. The van der Waals surface area contributed by atoms with Crippen LogP contribution in [0, 0.1) is 6.92 Å². The molecule has 0 saturated heterocycles. The number of hydrogen-bond acceptors (Lipinski definition) is 3. The molecule has 6 heteroatoms. The van der Waals surface area contributed by atoms with Gasteiger partial charge in [-0.1, -0.05) is 24.3 Å². The number of rotatable bonds is 5. The highest BCUT2D eigenvalue weighted by Crippen LogP contribution is 2.22. The van der Waals surface area contributed by atoms with E-state index in [0.29, 0.717) is 5.69 Å². The van der Waals surface area contributed by atoms with Crippen LogP contribution in [0.3, 0.4) is 0 Å². The Morgan fingerprint density at radius 2 is 1.68 bits per heavy atom. The number of carboxylic acids is 1. The number of carboxylic acid groups (broad SMARTS) is 1. The zero-order valence-corrected chi connectivity index (χ0v) is 13.2. The van der Waals surface area contributed by atoms with Crippen molar-refractivity contribution in [1.82, 2.24) is 0 Å². The number of carbonyl (C=O) groups is 1. The number of benzene rings is 2. The summed E-state index contributed by atoms with van der Waals surface area (Å²) in [4.78, 5) is 10.9. The van der Waals surface area contributed by atoms with Crippen molar-refractivity contribution in [3.05, 3.63) is 65.2 Å². The summed E-state index contributed by atoms with van der Waals surface area (Å²) in [6.45, 7) is 2.13. The number of anilines is 1. The second kappa shape index (κ2) is 6.19. The van der Waals surface area contributed by atoms with Crippen LogP contribution < -0.4 is 4.31 Å². The van der Waals surface area contributed by atoms with Gasteiger partial charge in [0.1, 0.15) is 0 Å². The van der Waals surface area contributed by atoms with E-state index in [4.69, 9.17) is 5.11 Å². The zero-order valence-electron chi connectivity index (χ0n) is 12.4. The molecular formula is C16H17NO4S. The van der Waals surface area contributed by atoms with Gasteiger partial charge in [-0.05, 0) is 42.3 Å². The van der Waals surface area contributed by atoms with E-state index >= 15 is 0 Å². The number of nitrogens with zero attached hydrogens (tertiary/aromatic N) is 1. The van der Waals surface area contributed by atoms with Gasteiger partial charge in [0, 0.05) is 0 Å². The predicted octanol–water partition coefficient (Wildman–Crippen LogP) is 2.66. The number of aromatic carboxylic acids is 1. The molecule has 0 fully saturated rings. The van der Waals surface area contributed by atoms with E-state index in [9.17, 15) is 13.2 Å². The first kappa shape index (κ1) is 16.0. The van der Waals surface area contributed by atoms with E-state index in [2.05, 4.69) is 0 Å². The van der Waals surface area contributed by atoms with Crippen LogP contribution in [-0.2, 0) is 16.6 Å². The van der Waals surface area contributed by atoms with Gasteiger partial charge >= 0.3 is 5.97 Å². The highest BCUT2D eigenvalue weighted by Gasteiger charge is 2.19. The summed E-state index contributed by atoms with van der Waals surface area (Å²) < 4.78 is 25.4. The molecule has 0 spiro atoms. The average Bonchev–Trinajstić information content (AvgIpc) is 2.45. The zero-order chi connectivity index (χ0) is 16.3. The topological polar surface area (TPSA) is 74.7 Å². The van der Waals surface area contributed by atoms with Gasteiger partial charge in [0.25, 0.3) is 0 Å². The fourth-order valence-electron chi connectivity index (χ4n) is 2.11. The smallest absolute Gasteiger partial charge is 0.335 e. The molecule has 1 N–H and O–H groups in total. The van der Waals surface area contributed by atoms with E-state index in [1.165, 1.54) is 28.6 Å². The lowest BCUT2D eigenvalue weighted by atomic mass is 10.1. The van der Waals surface area contributed by atoms with Crippen LogP contribution in [0.1, 0.15) is 21.5 Å². The molecule has 2 aromatic carbocycles. The van der Waals surface area contributed by atoms with Crippen LogP contribution >= 0.6 is 0 Å². The molecule has 0 heterocycles. The second-order valence-electron chi connectivity index (χ2n) is 5.05. The molecule has 22 heavy (non-hydrogen) atoms. The van der Waals surface area contributed by atoms with Gasteiger partial charge < -0.3 is 5.11 Å². The minimum atomic E-state index is -3.48. The quantitative estimate of drug-likeness (QED) is 0.919. The summed E-state index contributed by atoms with van der Waals surface area (Å²) in [5.74, 6) is -1.05. The molecule has 0 unspecified atom stereocenters. The molecule has 0 atom stereocenters. The van der Waals surface area contributed by atoms with Crippen LogP contribution in [0.25, 0.3) is 0 Å². The van der Waals surface area contributed by atoms with Crippen LogP contribution in [0.15, 0.2) is 48.5 Å². The monoisotopic (exact) mass is 319 g/mol. The van der Waals surface area contributed by atoms with Crippen LogP contribution in [0.5, 0.6) is 0 Å². The Balaban J connectivity index is 2.39. The Bertz CT molecular complexity index is 782. The average molecular weight is 319 g/mol. The van der Waals surface area contributed by atoms with Gasteiger partial charge in [-0.25, -0.2) is 13.2 Å². The van der Waals surface area contributed by atoms with Crippen LogP contribution in [-0.4, -0.2) is 25.7 Å². The molecule has 2 aromatic rings. The van der Waals surface area contributed by atoms with Crippen LogP contribution in [0.2, 0.25) is 0 Å². The molecule has 116 valence electrons. The second-order valence-corrected chi connectivity index (χ2v) is 6.95. The fourth-order valence-corrected chi connectivity index (χ4v) is 2.99. The van der Waals surface area contributed by atoms with Crippen molar-refractivity contribution in [3.8, 4) is 0 Å². The highest BCUT2D eigenvalue weighted by atomic mass is 32.2. The first-order valence-electron chi connectivity index (χ1n) is 6.64. The van der Waals surface area contributed by atoms with Crippen molar-refractivity contribution in [2.45, 2.75) is 13.5 Å². The number of aryl methyl sites for hydroxylation is 1. The Morgan fingerprint density at radius 3 is 2.18 bits per heavy atom. The fraction of sp³-hybridized carbons (Fsp3) is 0.188.